The molecule has 0 saturated heterocycles. The van der Waals surface area contributed by atoms with Crippen LogP contribution in [0.2, 0.25) is 0 Å². The largest absolute Gasteiger partial charge is 0.386 e. The molecule has 0 amide bonds. The van der Waals surface area contributed by atoms with Crippen LogP contribution in [0.3, 0.4) is 0 Å². The first-order chi connectivity index (χ1) is 9.00. The summed E-state index contributed by atoms with van der Waals surface area (Å²) >= 11 is 0. The first-order valence-corrected chi connectivity index (χ1v) is 5.82. The summed E-state index contributed by atoms with van der Waals surface area (Å²) in [6.07, 6.45) is 5.19. The van der Waals surface area contributed by atoms with E-state index in [0.29, 0.717) is 5.57 Å². The van der Waals surface area contributed by atoms with Gasteiger partial charge in [-0.05, 0) is 19.4 Å². The van der Waals surface area contributed by atoms with Gasteiger partial charge in [0.25, 0.3) is 0 Å². The molecule has 1 rings (SSSR count). The van der Waals surface area contributed by atoms with Crippen molar-refractivity contribution in [1.29, 1.82) is 0 Å². The molecule has 0 aliphatic carbocycles. The molecule has 0 aliphatic heterocycles. The lowest BCUT2D eigenvalue weighted by atomic mass is 10.2. The Morgan fingerprint density at radius 2 is 1.74 bits per heavy atom. The molecule has 1 aromatic carbocycles. The van der Waals surface area contributed by atoms with Gasteiger partial charge in [0, 0.05) is 11.1 Å². The Hall–Kier alpha value is -2.42. The highest BCUT2D eigenvalue weighted by atomic mass is 16.6. The van der Waals surface area contributed by atoms with Gasteiger partial charge >= 0.3 is 11.9 Å². The fourth-order valence-electron chi connectivity index (χ4n) is 1.19. The number of hydrogen-bond acceptors (Lipinski definition) is 3. The Balaban J connectivity index is 2.62. The van der Waals surface area contributed by atoms with Gasteiger partial charge in [0.15, 0.2) is 0 Å². The Bertz CT molecular complexity index is 536. The summed E-state index contributed by atoms with van der Waals surface area (Å²) in [5.41, 5.74) is 1.57. The molecule has 0 N–H and O–H groups in total. The summed E-state index contributed by atoms with van der Waals surface area (Å²) in [5, 5.41) is 0. The zero-order valence-corrected chi connectivity index (χ0v) is 11.1. The van der Waals surface area contributed by atoms with Crippen LogP contribution in [0.25, 0.3) is 6.08 Å². The average Bonchev–Trinajstić information content (AvgIpc) is 2.39. The Kier molecular flexibility index (Phi) is 5.48. The van der Waals surface area contributed by atoms with E-state index in [4.69, 9.17) is 0 Å². The van der Waals surface area contributed by atoms with E-state index < -0.39 is 11.9 Å². The Morgan fingerprint density at radius 3 is 2.32 bits per heavy atom. The van der Waals surface area contributed by atoms with E-state index in [0.717, 1.165) is 5.56 Å². The van der Waals surface area contributed by atoms with Crippen molar-refractivity contribution in [3.8, 4) is 0 Å². The normalized spacial score (nSPS) is 11.4. The van der Waals surface area contributed by atoms with Crippen LogP contribution < -0.4 is 0 Å². The van der Waals surface area contributed by atoms with Gasteiger partial charge in [-0.1, -0.05) is 55.1 Å². The number of carbonyl (C=O) groups is 2. The van der Waals surface area contributed by atoms with Gasteiger partial charge in [-0.25, -0.2) is 9.59 Å². The third-order valence-electron chi connectivity index (χ3n) is 2.29. The third kappa shape index (κ3) is 5.17. The second-order valence-corrected chi connectivity index (χ2v) is 4.08. The van der Waals surface area contributed by atoms with Crippen LogP contribution in [0.4, 0.5) is 0 Å². The smallest absolute Gasteiger partial charge is 0.341 e. The molecule has 0 heterocycles. The highest BCUT2D eigenvalue weighted by molar-refractivity contribution is 6.01. The standard InChI is InChI=1S/C16H16O3/c1-12(2)15(17)19-16(18)13(3)8-7-11-14-9-5-4-6-10-14/h4-11H,1H2,2-3H3. The fraction of sp³-hybridized carbons (Fsp3) is 0.125. The first-order valence-electron chi connectivity index (χ1n) is 5.82. The molecular weight excluding hydrogens is 240 g/mol. The molecule has 0 aromatic heterocycles. The quantitative estimate of drug-likeness (QED) is 0.359. The van der Waals surface area contributed by atoms with Crippen LogP contribution in [0.1, 0.15) is 19.4 Å². The highest BCUT2D eigenvalue weighted by Crippen LogP contribution is 2.04. The predicted molar refractivity (Wildman–Crippen MR) is 75.1 cm³/mol. The minimum absolute atomic E-state index is 0.195. The van der Waals surface area contributed by atoms with Gasteiger partial charge in [0.05, 0.1) is 0 Å². The molecule has 0 saturated carbocycles. The topological polar surface area (TPSA) is 43.4 Å². The maximum absolute atomic E-state index is 11.5. The second-order valence-electron chi connectivity index (χ2n) is 4.08. The highest BCUT2D eigenvalue weighted by Gasteiger charge is 2.11. The fourth-order valence-corrected chi connectivity index (χ4v) is 1.19. The maximum atomic E-state index is 11.5. The van der Waals surface area contributed by atoms with Crippen LogP contribution in [-0.4, -0.2) is 11.9 Å². The number of hydrogen-bond donors (Lipinski definition) is 0. The van der Waals surface area contributed by atoms with Crippen molar-refractivity contribution in [3.63, 3.8) is 0 Å². The van der Waals surface area contributed by atoms with Gasteiger partial charge in [-0.2, -0.15) is 0 Å². The number of esters is 2. The van der Waals surface area contributed by atoms with E-state index >= 15 is 0 Å². The zero-order chi connectivity index (χ0) is 14.3. The van der Waals surface area contributed by atoms with Crippen LogP contribution in [0.15, 0.2) is 60.2 Å². The van der Waals surface area contributed by atoms with Gasteiger partial charge in [0.2, 0.25) is 0 Å². The predicted octanol–water partition coefficient (Wildman–Crippen LogP) is 3.29. The minimum atomic E-state index is -0.704. The summed E-state index contributed by atoms with van der Waals surface area (Å²) in [7, 11) is 0. The van der Waals surface area contributed by atoms with Crippen LogP contribution in [0.5, 0.6) is 0 Å². The van der Waals surface area contributed by atoms with Gasteiger partial charge in [-0.15, -0.1) is 0 Å². The number of carbonyl (C=O) groups excluding carboxylic acids is 2. The van der Waals surface area contributed by atoms with Crippen molar-refractivity contribution in [2.75, 3.05) is 0 Å². The van der Waals surface area contributed by atoms with Crippen molar-refractivity contribution in [2.24, 2.45) is 0 Å². The molecule has 3 nitrogen and oxygen atoms in total. The first kappa shape index (κ1) is 14.6. The molecule has 0 radical (unpaired) electrons. The molecule has 3 heteroatoms. The SMILES string of the molecule is C=C(C)C(=O)OC(=O)C(C)=CC=Cc1ccccc1. The van der Waals surface area contributed by atoms with Crippen molar-refractivity contribution in [2.45, 2.75) is 13.8 Å². The molecule has 98 valence electrons. The van der Waals surface area contributed by atoms with Crippen molar-refractivity contribution < 1.29 is 14.3 Å². The van der Waals surface area contributed by atoms with Gasteiger partial charge in [0.1, 0.15) is 0 Å². The lowest BCUT2D eigenvalue weighted by molar-refractivity contribution is -0.153. The molecule has 0 bridgehead atoms. The summed E-state index contributed by atoms with van der Waals surface area (Å²) in [6, 6.07) is 9.68. The average molecular weight is 256 g/mol. The Morgan fingerprint density at radius 1 is 1.11 bits per heavy atom. The number of ether oxygens (including phenoxy) is 1. The number of rotatable bonds is 4. The monoisotopic (exact) mass is 256 g/mol. The molecule has 0 spiro atoms. The molecule has 19 heavy (non-hydrogen) atoms. The van der Waals surface area contributed by atoms with E-state index in [-0.39, 0.29) is 5.57 Å². The van der Waals surface area contributed by atoms with Crippen molar-refractivity contribution in [3.05, 3.63) is 65.8 Å². The lowest BCUT2D eigenvalue weighted by Crippen LogP contribution is -2.13. The molecule has 0 unspecified atom stereocenters. The van der Waals surface area contributed by atoms with E-state index in [1.165, 1.54) is 6.92 Å². The summed E-state index contributed by atoms with van der Waals surface area (Å²) in [4.78, 5) is 22.7. The Labute approximate surface area is 112 Å². The van der Waals surface area contributed by atoms with E-state index in [2.05, 4.69) is 11.3 Å². The maximum Gasteiger partial charge on any atom is 0.341 e. The zero-order valence-electron chi connectivity index (χ0n) is 11.1. The number of allylic oxidation sites excluding steroid dienone is 2. The molecule has 0 aliphatic rings. The van der Waals surface area contributed by atoms with Crippen LogP contribution in [0, 0.1) is 0 Å². The third-order valence-corrected chi connectivity index (χ3v) is 2.29. The van der Waals surface area contributed by atoms with Gasteiger partial charge < -0.3 is 4.74 Å². The molecular formula is C16H16O3. The van der Waals surface area contributed by atoms with Crippen molar-refractivity contribution >= 4 is 18.0 Å². The summed E-state index contributed by atoms with van der Waals surface area (Å²) in [5.74, 6) is -1.37. The van der Waals surface area contributed by atoms with E-state index in [9.17, 15) is 9.59 Å². The lowest BCUT2D eigenvalue weighted by Gasteiger charge is -2.01. The van der Waals surface area contributed by atoms with Crippen molar-refractivity contribution in [1.82, 2.24) is 0 Å². The van der Waals surface area contributed by atoms with Gasteiger partial charge in [-0.3, -0.25) is 0 Å². The van der Waals surface area contributed by atoms with Crippen LogP contribution >= 0.6 is 0 Å². The van der Waals surface area contributed by atoms with E-state index in [1.54, 1.807) is 19.1 Å². The summed E-state index contributed by atoms with van der Waals surface area (Å²) < 4.78 is 4.60. The molecule has 0 fully saturated rings. The minimum Gasteiger partial charge on any atom is -0.386 e. The molecule has 1 aromatic rings. The summed E-state index contributed by atoms with van der Waals surface area (Å²) in [6.45, 7) is 6.49. The van der Waals surface area contributed by atoms with Crippen LogP contribution in [-0.2, 0) is 14.3 Å². The number of benzene rings is 1. The van der Waals surface area contributed by atoms with E-state index in [1.807, 2.05) is 36.4 Å². The molecule has 0 atom stereocenters. The second kappa shape index (κ2) is 7.11.